The molecule has 0 spiro atoms. The van der Waals surface area contributed by atoms with Crippen LogP contribution < -0.4 is 5.32 Å². The molecule has 1 N–H and O–H groups in total. The van der Waals surface area contributed by atoms with Crippen LogP contribution in [-0.4, -0.2) is 10.8 Å². The summed E-state index contributed by atoms with van der Waals surface area (Å²) in [5, 5.41) is 13.8. The molecule has 1 amide bonds. The predicted molar refractivity (Wildman–Crippen MR) is 80.2 cm³/mol. The molecule has 0 aliphatic heterocycles. The lowest BCUT2D eigenvalue weighted by molar-refractivity contribution is -0.385. The van der Waals surface area contributed by atoms with Crippen LogP contribution in [0.1, 0.15) is 34.5 Å². The summed E-state index contributed by atoms with van der Waals surface area (Å²) in [5.41, 5.74) is 1.64. The molecule has 21 heavy (non-hydrogen) atoms. The average Bonchev–Trinajstić information content (AvgIpc) is 2.47. The molecule has 0 bridgehead atoms. The van der Waals surface area contributed by atoms with Crippen molar-refractivity contribution < 1.29 is 9.72 Å². The number of carbonyl (C=O) groups is 1. The van der Waals surface area contributed by atoms with Crippen LogP contribution in [0.15, 0.2) is 48.5 Å². The van der Waals surface area contributed by atoms with Gasteiger partial charge >= 0.3 is 0 Å². The Balaban J connectivity index is 2.22. The van der Waals surface area contributed by atoms with Crippen molar-refractivity contribution in [3.05, 3.63) is 75.3 Å². The van der Waals surface area contributed by atoms with Crippen LogP contribution in [-0.2, 0) is 0 Å². The maximum absolute atomic E-state index is 12.3. The third kappa shape index (κ3) is 3.25. The Hall–Kier alpha value is -2.69. The van der Waals surface area contributed by atoms with Crippen molar-refractivity contribution in [1.82, 2.24) is 5.32 Å². The van der Waals surface area contributed by atoms with E-state index >= 15 is 0 Å². The third-order valence-corrected chi connectivity index (χ3v) is 3.39. The molecule has 108 valence electrons. The van der Waals surface area contributed by atoms with Gasteiger partial charge in [0.2, 0.25) is 0 Å². The number of nitro benzene ring substituents is 1. The first-order valence-corrected chi connectivity index (χ1v) is 6.60. The van der Waals surface area contributed by atoms with Gasteiger partial charge in [-0.15, -0.1) is 0 Å². The van der Waals surface area contributed by atoms with Gasteiger partial charge in [0.05, 0.1) is 11.0 Å². The van der Waals surface area contributed by atoms with Crippen LogP contribution in [0.3, 0.4) is 0 Å². The first-order chi connectivity index (χ1) is 10.0. The van der Waals surface area contributed by atoms with Gasteiger partial charge in [-0.3, -0.25) is 14.9 Å². The molecule has 2 aromatic rings. The van der Waals surface area contributed by atoms with Gasteiger partial charge in [0.25, 0.3) is 11.6 Å². The summed E-state index contributed by atoms with van der Waals surface area (Å²) in [6, 6.07) is 13.9. The standard InChI is InChI=1S/C16H16N2O3/c1-11-14(9-6-10-15(11)18(20)21)16(19)17-12(2)13-7-4-3-5-8-13/h3-10,12H,1-2H3,(H,17,19). The van der Waals surface area contributed by atoms with Gasteiger partial charge in [-0.25, -0.2) is 0 Å². The van der Waals surface area contributed by atoms with E-state index in [2.05, 4.69) is 5.32 Å². The molecular formula is C16H16N2O3. The fourth-order valence-corrected chi connectivity index (χ4v) is 2.17. The van der Waals surface area contributed by atoms with E-state index in [0.717, 1.165) is 5.56 Å². The topological polar surface area (TPSA) is 72.2 Å². The third-order valence-electron chi connectivity index (χ3n) is 3.39. The van der Waals surface area contributed by atoms with E-state index in [1.807, 2.05) is 37.3 Å². The summed E-state index contributed by atoms with van der Waals surface area (Å²) in [4.78, 5) is 22.7. The van der Waals surface area contributed by atoms with E-state index in [0.29, 0.717) is 11.1 Å². The van der Waals surface area contributed by atoms with E-state index in [-0.39, 0.29) is 17.6 Å². The SMILES string of the molecule is Cc1c(C(=O)NC(C)c2ccccc2)cccc1[N+](=O)[O-]. The van der Waals surface area contributed by atoms with Crippen LogP contribution in [0.25, 0.3) is 0 Å². The van der Waals surface area contributed by atoms with Gasteiger partial charge in [0.1, 0.15) is 0 Å². The number of nitrogens with one attached hydrogen (secondary N) is 1. The molecular weight excluding hydrogens is 268 g/mol. The predicted octanol–water partition coefficient (Wildman–Crippen LogP) is 3.39. The van der Waals surface area contributed by atoms with Gasteiger partial charge in [-0.05, 0) is 25.5 Å². The average molecular weight is 284 g/mol. The van der Waals surface area contributed by atoms with Gasteiger partial charge < -0.3 is 5.32 Å². The molecule has 2 aromatic carbocycles. The molecule has 1 unspecified atom stereocenters. The largest absolute Gasteiger partial charge is 0.346 e. The van der Waals surface area contributed by atoms with Gasteiger partial charge in [0, 0.05) is 17.2 Å². The van der Waals surface area contributed by atoms with Crippen molar-refractivity contribution in [3.8, 4) is 0 Å². The van der Waals surface area contributed by atoms with E-state index in [9.17, 15) is 14.9 Å². The highest BCUT2D eigenvalue weighted by atomic mass is 16.6. The van der Waals surface area contributed by atoms with Crippen molar-refractivity contribution in [1.29, 1.82) is 0 Å². The van der Waals surface area contributed by atoms with Crippen LogP contribution in [0.4, 0.5) is 5.69 Å². The van der Waals surface area contributed by atoms with Gasteiger partial charge in [-0.2, -0.15) is 0 Å². The Labute approximate surface area is 122 Å². The minimum absolute atomic E-state index is 0.0463. The molecule has 0 radical (unpaired) electrons. The number of hydrogen-bond acceptors (Lipinski definition) is 3. The van der Waals surface area contributed by atoms with E-state index in [4.69, 9.17) is 0 Å². The molecule has 1 atom stereocenters. The molecule has 0 aliphatic carbocycles. The second-order valence-electron chi connectivity index (χ2n) is 4.81. The number of rotatable bonds is 4. The second-order valence-corrected chi connectivity index (χ2v) is 4.81. The van der Waals surface area contributed by atoms with Crippen LogP contribution >= 0.6 is 0 Å². The molecule has 5 nitrogen and oxygen atoms in total. The molecule has 0 aromatic heterocycles. The zero-order chi connectivity index (χ0) is 15.4. The fraction of sp³-hybridized carbons (Fsp3) is 0.188. The molecule has 0 saturated carbocycles. The van der Waals surface area contributed by atoms with Crippen molar-refractivity contribution in [2.24, 2.45) is 0 Å². The summed E-state index contributed by atoms with van der Waals surface area (Å²) in [5.74, 6) is -0.312. The summed E-state index contributed by atoms with van der Waals surface area (Å²) in [6.07, 6.45) is 0. The highest BCUT2D eigenvalue weighted by molar-refractivity contribution is 5.96. The van der Waals surface area contributed by atoms with E-state index in [1.165, 1.54) is 12.1 Å². The van der Waals surface area contributed by atoms with Crippen LogP contribution in [0.2, 0.25) is 0 Å². The highest BCUT2D eigenvalue weighted by Crippen LogP contribution is 2.22. The molecule has 2 rings (SSSR count). The Morgan fingerprint density at radius 3 is 2.43 bits per heavy atom. The van der Waals surface area contributed by atoms with Gasteiger partial charge in [0.15, 0.2) is 0 Å². The normalized spacial score (nSPS) is 11.7. The number of benzene rings is 2. The number of nitrogens with zero attached hydrogens (tertiary/aromatic N) is 1. The Bertz CT molecular complexity index is 668. The zero-order valence-corrected chi connectivity index (χ0v) is 11.9. The first kappa shape index (κ1) is 14.7. The number of nitro groups is 1. The Morgan fingerprint density at radius 2 is 1.81 bits per heavy atom. The molecule has 0 fully saturated rings. The lowest BCUT2D eigenvalue weighted by atomic mass is 10.0. The second kappa shape index (κ2) is 6.17. The molecule has 0 heterocycles. The minimum atomic E-state index is -0.479. The van der Waals surface area contributed by atoms with E-state index < -0.39 is 4.92 Å². The lowest BCUT2D eigenvalue weighted by Gasteiger charge is -2.15. The quantitative estimate of drug-likeness (QED) is 0.691. The van der Waals surface area contributed by atoms with Crippen LogP contribution in [0, 0.1) is 17.0 Å². The lowest BCUT2D eigenvalue weighted by Crippen LogP contribution is -2.27. The summed E-state index contributed by atoms with van der Waals surface area (Å²) in [6.45, 7) is 3.46. The first-order valence-electron chi connectivity index (χ1n) is 6.60. The fourth-order valence-electron chi connectivity index (χ4n) is 2.17. The van der Waals surface area contributed by atoms with Crippen molar-refractivity contribution >= 4 is 11.6 Å². The number of amides is 1. The van der Waals surface area contributed by atoms with Crippen molar-refractivity contribution in [2.45, 2.75) is 19.9 Å². The monoisotopic (exact) mass is 284 g/mol. The van der Waals surface area contributed by atoms with E-state index in [1.54, 1.807) is 13.0 Å². The zero-order valence-electron chi connectivity index (χ0n) is 11.9. The van der Waals surface area contributed by atoms with Crippen LogP contribution in [0.5, 0.6) is 0 Å². The highest BCUT2D eigenvalue weighted by Gasteiger charge is 2.19. The Kier molecular flexibility index (Phi) is 4.33. The molecule has 5 heteroatoms. The molecule has 0 aliphatic rings. The maximum atomic E-state index is 12.3. The van der Waals surface area contributed by atoms with Crippen molar-refractivity contribution in [2.75, 3.05) is 0 Å². The minimum Gasteiger partial charge on any atom is -0.346 e. The smallest absolute Gasteiger partial charge is 0.273 e. The maximum Gasteiger partial charge on any atom is 0.273 e. The molecule has 0 saturated heterocycles. The van der Waals surface area contributed by atoms with Crippen molar-refractivity contribution in [3.63, 3.8) is 0 Å². The Morgan fingerprint density at radius 1 is 1.14 bits per heavy atom. The summed E-state index contributed by atoms with van der Waals surface area (Å²) < 4.78 is 0. The van der Waals surface area contributed by atoms with Gasteiger partial charge in [-0.1, -0.05) is 36.4 Å². The number of hydrogen-bond donors (Lipinski definition) is 1. The summed E-state index contributed by atoms with van der Waals surface area (Å²) in [7, 11) is 0. The number of carbonyl (C=O) groups excluding carboxylic acids is 1. The summed E-state index contributed by atoms with van der Waals surface area (Å²) >= 11 is 0.